The minimum absolute atomic E-state index is 0.207. The normalized spacial score (nSPS) is 27.4. The highest BCUT2D eigenvalue weighted by Gasteiger charge is 2.44. The summed E-state index contributed by atoms with van der Waals surface area (Å²) in [6.45, 7) is 16.7. The Labute approximate surface area is 348 Å². The number of allylic oxidation sites excluding steroid dienone is 3. The highest BCUT2D eigenvalue weighted by atomic mass is 16.7. The number of hydrogen-bond donors (Lipinski definition) is 1. The number of carbonyl (C=O) groups is 4. The topological polar surface area (TPSA) is 144 Å². The van der Waals surface area contributed by atoms with Crippen LogP contribution in [-0.4, -0.2) is 90.8 Å². The minimum atomic E-state index is -0.499. The van der Waals surface area contributed by atoms with Gasteiger partial charge in [0.1, 0.15) is 23.1 Å². The molecule has 3 saturated heterocycles. The predicted molar refractivity (Wildman–Crippen MR) is 222 cm³/mol. The van der Waals surface area contributed by atoms with E-state index in [1.54, 1.807) is 0 Å². The van der Waals surface area contributed by atoms with Gasteiger partial charge in [0.25, 0.3) is 0 Å². The molecular formula is C47H76O11. The smallest absolute Gasteiger partial charge is 0.169 e. The van der Waals surface area contributed by atoms with Gasteiger partial charge in [0.05, 0.1) is 45.2 Å². The van der Waals surface area contributed by atoms with E-state index in [9.17, 15) is 24.3 Å². The van der Waals surface area contributed by atoms with Crippen LogP contribution < -0.4 is 0 Å². The van der Waals surface area contributed by atoms with Gasteiger partial charge in [-0.2, -0.15) is 0 Å². The molecule has 0 atom stereocenters. The summed E-state index contributed by atoms with van der Waals surface area (Å²) < 4.78 is 33.1. The molecule has 9 aliphatic rings. The number of carbonyl (C=O) groups excluding carboxylic acids is 4. The molecule has 8 fully saturated rings. The van der Waals surface area contributed by atoms with Crippen LogP contribution in [0, 0.1) is 11.8 Å². The first-order chi connectivity index (χ1) is 27.6. The molecule has 11 heteroatoms. The second-order valence-corrected chi connectivity index (χ2v) is 18.3. The zero-order chi connectivity index (χ0) is 42.1. The van der Waals surface area contributed by atoms with E-state index >= 15 is 0 Å². The van der Waals surface area contributed by atoms with Gasteiger partial charge in [0.15, 0.2) is 17.4 Å². The van der Waals surface area contributed by atoms with Crippen LogP contribution in [0.5, 0.6) is 0 Å². The van der Waals surface area contributed by atoms with Gasteiger partial charge >= 0.3 is 0 Å². The third kappa shape index (κ3) is 17.5. The molecule has 5 saturated carbocycles. The summed E-state index contributed by atoms with van der Waals surface area (Å²) in [5.74, 6) is 2.34. The average Bonchev–Trinajstić information content (AvgIpc) is 4.00. The van der Waals surface area contributed by atoms with Gasteiger partial charge in [-0.25, -0.2) is 0 Å². The standard InChI is InChI=1S/C9H16O3.C9H14O2.C8H12O3.2C7H12O.C7H10O/c1-8(10)2-4-9(5-3-8)11-6-7-12-9;1-8-2-4-9(5-3-8)10-6-7-11-9;9-7-1-3-8(4-2-7)10-5-6-11-8;3*1-6-2-4-7(8)5-3-6/h10H,2-7H2,1H3;1-7H2;1-6H2;2*6H,2-5H2,1H3;2H,3-5H2,1H3. The fourth-order valence-corrected chi connectivity index (χ4v) is 8.42. The average molecular weight is 817 g/mol. The van der Waals surface area contributed by atoms with Crippen LogP contribution in [0.25, 0.3) is 0 Å². The molecule has 3 aliphatic heterocycles. The van der Waals surface area contributed by atoms with Crippen molar-refractivity contribution in [3.8, 4) is 0 Å². The summed E-state index contributed by atoms with van der Waals surface area (Å²) in [4.78, 5) is 42.7. The van der Waals surface area contributed by atoms with Gasteiger partial charge in [-0.05, 0) is 83.5 Å². The fourth-order valence-electron chi connectivity index (χ4n) is 8.42. The maximum atomic E-state index is 10.9. The lowest BCUT2D eigenvalue weighted by molar-refractivity contribution is -0.199. The Morgan fingerprint density at radius 1 is 0.500 bits per heavy atom. The van der Waals surface area contributed by atoms with Crippen LogP contribution in [0.3, 0.4) is 0 Å². The summed E-state index contributed by atoms with van der Waals surface area (Å²) in [6.07, 6.45) is 22.4. The van der Waals surface area contributed by atoms with E-state index < -0.39 is 5.60 Å². The Balaban J connectivity index is 0.000000155. The van der Waals surface area contributed by atoms with Gasteiger partial charge in [0.2, 0.25) is 0 Å². The Morgan fingerprint density at radius 2 is 0.845 bits per heavy atom. The Hall–Kier alpha value is -2.12. The molecule has 1 N–H and O–H groups in total. The summed E-state index contributed by atoms with van der Waals surface area (Å²) in [6, 6.07) is 0. The molecule has 58 heavy (non-hydrogen) atoms. The van der Waals surface area contributed by atoms with Crippen molar-refractivity contribution in [3.63, 3.8) is 0 Å². The van der Waals surface area contributed by atoms with Gasteiger partial charge < -0.3 is 33.5 Å². The number of ketones is 4. The second kappa shape index (κ2) is 23.8. The van der Waals surface area contributed by atoms with E-state index in [0.717, 1.165) is 153 Å². The zero-order valence-electron chi connectivity index (χ0n) is 36.5. The fraction of sp³-hybridized carbons (Fsp3) is 0.830. The monoisotopic (exact) mass is 817 g/mol. The van der Waals surface area contributed by atoms with E-state index in [1.807, 2.05) is 13.0 Å². The van der Waals surface area contributed by atoms with Crippen LogP contribution >= 0.6 is 0 Å². The van der Waals surface area contributed by atoms with Crippen molar-refractivity contribution in [2.75, 3.05) is 39.6 Å². The number of Topliss-reactive ketones (excluding diaryl/α,β-unsaturated/α-hetero) is 4. The van der Waals surface area contributed by atoms with Gasteiger partial charge in [-0.1, -0.05) is 37.6 Å². The summed E-state index contributed by atoms with van der Waals surface area (Å²) in [5.41, 5.74) is 2.21. The molecule has 0 amide bonds. The third-order valence-corrected chi connectivity index (χ3v) is 13.0. The Morgan fingerprint density at radius 3 is 1.17 bits per heavy atom. The van der Waals surface area contributed by atoms with E-state index in [2.05, 4.69) is 27.4 Å². The van der Waals surface area contributed by atoms with Crippen molar-refractivity contribution in [3.05, 3.63) is 23.8 Å². The van der Waals surface area contributed by atoms with Crippen molar-refractivity contribution in [1.29, 1.82) is 0 Å². The molecule has 9 rings (SSSR count). The molecule has 0 aromatic carbocycles. The first-order valence-corrected chi connectivity index (χ1v) is 22.6. The van der Waals surface area contributed by atoms with Crippen LogP contribution in [0.1, 0.15) is 175 Å². The Bertz CT molecular complexity index is 1240. The highest BCUT2D eigenvalue weighted by molar-refractivity contribution is 5.81. The first-order valence-electron chi connectivity index (χ1n) is 22.6. The molecule has 0 radical (unpaired) electrons. The molecule has 0 aromatic heterocycles. The third-order valence-electron chi connectivity index (χ3n) is 13.0. The van der Waals surface area contributed by atoms with Crippen LogP contribution in [0.15, 0.2) is 23.8 Å². The summed E-state index contributed by atoms with van der Waals surface area (Å²) in [5, 5.41) is 9.71. The van der Waals surface area contributed by atoms with Crippen LogP contribution in [0.2, 0.25) is 0 Å². The second-order valence-electron chi connectivity index (χ2n) is 18.3. The summed E-state index contributed by atoms with van der Waals surface area (Å²) >= 11 is 0. The lowest BCUT2D eigenvalue weighted by Gasteiger charge is -2.38. The SMILES string of the molecule is C=C1CCC2(CC1)OCCO2.CC1(O)CCC2(CC1)OCCO2.CC1=CCC(=O)CC1.CC1CCC(=O)CC1.CC1CCC(=O)CC1.O=C1CCC2(CC1)OCCO2. The maximum Gasteiger partial charge on any atom is 0.169 e. The molecule has 0 unspecified atom stereocenters. The maximum absolute atomic E-state index is 10.9. The lowest BCUT2D eigenvalue weighted by Crippen LogP contribution is -2.41. The molecule has 0 aromatic rings. The van der Waals surface area contributed by atoms with E-state index in [0.29, 0.717) is 68.8 Å². The van der Waals surface area contributed by atoms with Crippen molar-refractivity contribution < 1.29 is 52.7 Å². The molecule has 330 valence electrons. The van der Waals surface area contributed by atoms with Crippen LogP contribution in [-0.2, 0) is 47.6 Å². The summed E-state index contributed by atoms with van der Waals surface area (Å²) in [7, 11) is 0. The van der Waals surface area contributed by atoms with Crippen molar-refractivity contribution in [1.82, 2.24) is 0 Å². The quantitative estimate of drug-likeness (QED) is 0.234. The lowest BCUT2D eigenvalue weighted by atomic mass is 9.83. The number of ether oxygens (including phenoxy) is 6. The van der Waals surface area contributed by atoms with Crippen LogP contribution in [0.4, 0.5) is 0 Å². The van der Waals surface area contributed by atoms with Crippen molar-refractivity contribution in [2.45, 2.75) is 198 Å². The first kappa shape index (κ1) is 48.5. The Kier molecular flexibility index (Phi) is 19.9. The molecule has 0 bridgehead atoms. The highest BCUT2D eigenvalue weighted by Crippen LogP contribution is 2.40. The van der Waals surface area contributed by atoms with Crippen molar-refractivity contribution in [2.24, 2.45) is 11.8 Å². The predicted octanol–water partition coefficient (Wildman–Crippen LogP) is 9.00. The van der Waals surface area contributed by atoms with Gasteiger partial charge in [-0.15, -0.1) is 0 Å². The van der Waals surface area contributed by atoms with Gasteiger partial charge in [-0.3, -0.25) is 19.2 Å². The van der Waals surface area contributed by atoms with E-state index in [1.165, 1.54) is 11.1 Å². The van der Waals surface area contributed by atoms with E-state index in [-0.39, 0.29) is 17.4 Å². The largest absolute Gasteiger partial charge is 0.390 e. The zero-order valence-corrected chi connectivity index (χ0v) is 36.5. The van der Waals surface area contributed by atoms with Gasteiger partial charge in [0, 0.05) is 89.9 Å². The molecule has 11 nitrogen and oxygen atoms in total. The molecule has 3 spiro atoms. The molecule has 3 heterocycles. The number of hydrogen-bond acceptors (Lipinski definition) is 11. The number of aliphatic hydroxyl groups is 1. The minimum Gasteiger partial charge on any atom is -0.390 e. The van der Waals surface area contributed by atoms with Crippen molar-refractivity contribution >= 4 is 23.1 Å². The molecular weight excluding hydrogens is 741 g/mol. The number of rotatable bonds is 0. The molecule has 6 aliphatic carbocycles. The van der Waals surface area contributed by atoms with E-state index in [4.69, 9.17) is 28.4 Å².